The summed E-state index contributed by atoms with van der Waals surface area (Å²) in [5.41, 5.74) is -4.68. The number of rotatable bonds is 9. The largest absolute Gasteiger partial charge is 0.416 e. The lowest BCUT2D eigenvalue weighted by Crippen LogP contribution is -2.42. The van der Waals surface area contributed by atoms with Crippen LogP contribution < -0.4 is 5.32 Å². The smallest absolute Gasteiger partial charge is 0.371 e. The molecule has 2 aromatic carbocycles. The monoisotopic (exact) mass is 524 g/mol. The molecular weight excluding hydrogens is 498 g/mol. The minimum atomic E-state index is -4.97. The van der Waals surface area contributed by atoms with E-state index in [1.165, 1.54) is 19.2 Å². The molecule has 1 saturated heterocycles. The van der Waals surface area contributed by atoms with Crippen LogP contribution in [0.15, 0.2) is 78.8 Å². The van der Waals surface area contributed by atoms with Crippen molar-refractivity contribution in [3.8, 4) is 0 Å². The molecule has 1 amide bonds. The standard InChI is InChI=1S/C27H26F6N2O2/c1-4-24(12-11-23(36)35-24)16-34-25(5-2,20-9-7-6-8-10-20)17-37-18(3)19-13-21(26(28,29)30)15-22(14-19)27(31,32)33/h4-10,13-16,18H,1-2,11-12,17H2,3H3,(H,35,36)/t18-,24+,25-/m1/s1. The highest BCUT2D eigenvalue weighted by molar-refractivity contribution is 5.89. The minimum absolute atomic E-state index is 0.0726. The van der Waals surface area contributed by atoms with E-state index in [2.05, 4.69) is 23.5 Å². The molecule has 3 atom stereocenters. The summed E-state index contributed by atoms with van der Waals surface area (Å²) in [7, 11) is 0. The first-order valence-electron chi connectivity index (χ1n) is 11.3. The van der Waals surface area contributed by atoms with Crippen LogP contribution in [0.2, 0.25) is 0 Å². The Labute approximate surface area is 210 Å². The van der Waals surface area contributed by atoms with Crippen LogP contribution in [0, 0.1) is 0 Å². The van der Waals surface area contributed by atoms with Gasteiger partial charge in [0.1, 0.15) is 5.54 Å². The number of hydrogen-bond acceptors (Lipinski definition) is 3. The molecule has 3 rings (SSSR count). The number of hydrogen-bond donors (Lipinski definition) is 1. The number of alkyl halides is 6. The van der Waals surface area contributed by atoms with E-state index >= 15 is 0 Å². The molecule has 10 heteroatoms. The molecule has 1 aliphatic heterocycles. The van der Waals surface area contributed by atoms with Crippen molar-refractivity contribution >= 4 is 12.1 Å². The lowest BCUT2D eigenvalue weighted by atomic mass is 9.90. The van der Waals surface area contributed by atoms with Crippen molar-refractivity contribution in [3.05, 3.63) is 96.1 Å². The summed E-state index contributed by atoms with van der Waals surface area (Å²) in [4.78, 5) is 16.5. The maximum Gasteiger partial charge on any atom is 0.416 e. The van der Waals surface area contributed by atoms with E-state index in [9.17, 15) is 31.1 Å². The van der Waals surface area contributed by atoms with Crippen LogP contribution in [0.5, 0.6) is 0 Å². The van der Waals surface area contributed by atoms with Gasteiger partial charge in [-0.25, -0.2) is 0 Å². The molecule has 0 aromatic heterocycles. The summed E-state index contributed by atoms with van der Waals surface area (Å²) in [5, 5.41) is 2.80. The first kappa shape index (κ1) is 28.2. The Morgan fingerprint density at radius 1 is 1.03 bits per heavy atom. The molecule has 0 unspecified atom stereocenters. The van der Waals surface area contributed by atoms with Crippen LogP contribution in [0.1, 0.15) is 48.1 Å². The van der Waals surface area contributed by atoms with Crippen LogP contribution in [-0.2, 0) is 27.4 Å². The van der Waals surface area contributed by atoms with Crippen LogP contribution in [0.25, 0.3) is 0 Å². The fourth-order valence-electron chi connectivity index (χ4n) is 3.95. The van der Waals surface area contributed by atoms with Gasteiger partial charge in [0.15, 0.2) is 0 Å². The van der Waals surface area contributed by atoms with E-state index in [0.29, 0.717) is 24.1 Å². The van der Waals surface area contributed by atoms with Crippen molar-refractivity contribution in [1.82, 2.24) is 5.32 Å². The summed E-state index contributed by atoms with van der Waals surface area (Å²) >= 11 is 0. The van der Waals surface area contributed by atoms with Gasteiger partial charge in [-0.3, -0.25) is 9.79 Å². The fraction of sp³-hybridized carbons (Fsp3) is 0.333. The van der Waals surface area contributed by atoms with Crippen molar-refractivity contribution < 1.29 is 35.9 Å². The molecule has 1 heterocycles. The second-order valence-electron chi connectivity index (χ2n) is 8.84. The SMILES string of the molecule is C=C[C@@]1(C=N[C@](C=C)(CO[C@H](C)c2cc(C(F)(F)F)cc(C(F)(F)F)c2)c2ccccc2)CCC(=O)N1. The molecule has 0 saturated carbocycles. The molecule has 4 nitrogen and oxygen atoms in total. The van der Waals surface area contributed by atoms with E-state index in [4.69, 9.17) is 4.74 Å². The topological polar surface area (TPSA) is 50.7 Å². The zero-order valence-corrected chi connectivity index (χ0v) is 20.0. The van der Waals surface area contributed by atoms with Gasteiger partial charge >= 0.3 is 12.4 Å². The number of halogens is 6. The van der Waals surface area contributed by atoms with Gasteiger partial charge in [0, 0.05) is 12.6 Å². The maximum atomic E-state index is 13.3. The van der Waals surface area contributed by atoms with Gasteiger partial charge in [-0.15, -0.1) is 13.2 Å². The predicted octanol–water partition coefficient (Wildman–Crippen LogP) is 6.79. The number of carbonyl (C=O) groups is 1. The van der Waals surface area contributed by atoms with Crippen molar-refractivity contribution in [1.29, 1.82) is 0 Å². The predicted molar refractivity (Wildman–Crippen MR) is 128 cm³/mol. The van der Waals surface area contributed by atoms with Crippen molar-refractivity contribution in [2.24, 2.45) is 4.99 Å². The Hall–Kier alpha value is -3.40. The van der Waals surface area contributed by atoms with Crippen LogP contribution in [0.4, 0.5) is 26.3 Å². The van der Waals surface area contributed by atoms with Crippen molar-refractivity contribution in [2.75, 3.05) is 6.61 Å². The average molecular weight is 525 g/mol. The highest BCUT2D eigenvalue weighted by Gasteiger charge is 2.38. The Morgan fingerprint density at radius 2 is 1.62 bits per heavy atom. The van der Waals surface area contributed by atoms with Crippen molar-refractivity contribution in [3.63, 3.8) is 0 Å². The molecule has 0 spiro atoms. The number of carbonyl (C=O) groups excluding carboxylic acids is 1. The van der Waals surface area contributed by atoms with Gasteiger partial charge in [0.25, 0.3) is 0 Å². The van der Waals surface area contributed by atoms with Gasteiger partial charge in [0.2, 0.25) is 5.91 Å². The molecule has 0 radical (unpaired) electrons. The molecule has 0 bridgehead atoms. The minimum Gasteiger partial charge on any atom is -0.371 e. The highest BCUT2D eigenvalue weighted by Crippen LogP contribution is 2.39. The Balaban J connectivity index is 1.97. The summed E-state index contributed by atoms with van der Waals surface area (Å²) in [5.74, 6) is -0.176. The number of ether oxygens (including phenoxy) is 1. The van der Waals surface area contributed by atoms with E-state index in [1.807, 2.05) is 0 Å². The quantitative estimate of drug-likeness (QED) is 0.223. The third kappa shape index (κ3) is 6.49. The molecule has 1 N–H and O–H groups in total. The van der Waals surface area contributed by atoms with Crippen molar-refractivity contribution in [2.45, 2.75) is 49.3 Å². The molecule has 37 heavy (non-hydrogen) atoms. The van der Waals surface area contributed by atoms with E-state index in [-0.39, 0.29) is 30.6 Å². The van der Waals surface area contributed by atoms with Gasteiger partial charge in [0.05, 0.1) is 29.4 Å². The average Bonchev–Trinajstić information content (AvgIpc) is 3.24. The molecule has 198 valence electrons. The first-order valence-corrected chi connectivity index (χ1v) is 11.3. The second-order valence-corrected chi connectivity index (χ2v) is 8.84. The second kappa shape index (κ2) is 10.5. The van der Waals surface area contributed by atoms with Crippen LogP contribution in [0.3, 0.4) is 0 Å². The van der Waals surface area contributed by atoms with E-state index in [0.717, 1.165) is 0 Å². The lowest BCUT2D eigenvalue weighted by molar-refractivity contribution is -0.143. The summed E-state index contributed by atoms with van der Waals surface area (Å²) < 4.78 is 85.7. The third-order valence-corrected chi connectivity index (χ3v) is 6.27. The summed E-state index contributed by atoms with van der Waals surface area (Å²) in [6.07, 6.45) is -5.87. The number of nitrogens with zero attached hydrogens (tertiary/aromatic N) is 1. The molecule has 0 aliphatic carbocycles. The highest BCUT2D eigenvalue weighted by atomic mass is 19.4. The summed E-state index contributed by atoms with van der Waals surface area (Å²) in [6.45, 7) is 8.74. The number of amides is 1. The van der Waals surface area contributed by atoms with E-state index in [1.54, 1.807) is 36.4 Å². The zero-order chi connectivity index (χ0) is 27.5. The van der Waals surface area contributed by atoms with Gasteiger partial charge < -0.3 is 10.1 Å². The van der Waals surface area contributed by atoms with Gasteiger partial charge in [-0.1, -0.05) is 42.5 Å². The number of benzene rings is 2. The molecule has 1 aliphatic rings. The third-order valence-electron chi connectivity index (χ3n) is 6.27. The molecule has 1 fully saturated rings. The maximum absolute atomic E-state index is 13.3. The number of aliphatic imine (C=N–C) groups is 1. The summed E-state index contributed by atoms with van der Waals surface area (Å²) in [6, 6.07) is 10.1. The zero-order valence-electron chi connectivity index (χ0n) is 20.0. The van der Waals surface area contributed by atoms with Crippen LogP contribution >= 0.6 is 0 Å². The molecule has 2 aromatic rings. The molecular formula is C27H26F6N2O2. The van der Waals surface area contributed by atoms with Crippen LogP contribution in [-0.4, -0.2) is 24.3 Å². The van der Waals surface area contributed by atoms with Gasteiger partial charge in [-0.05, 0) is 42.7 Å². The Kier molecular flexibility index (Phi) is 8.02. The van der Waals surface area contributed by atoms with E-state index < -0.39 is 40.7 Å². The van der Waals surface area contributed by atoms with Gasteiger partial charge in [-0.2, -0.15) is 26.3 Å². The Bertz CT molecular complexity index is 1140. The lowest BCUT2D eigenvalue weighted by Gasteiger charge is -2.30. The normalized spacial score (nSPS) is 20.9. The first-order chi connectivity index (χ1) is 17.2. The number of nitrogens with one attached hydrogen (secondary N) is 1. The Morgan fingerprint density at radius 3 is 2.08 bits per heavy atom. The fourth-order valence-corrected chi connectivity index (χ4v) is 3.95.